The van der Waals surface area contributed by atoms with Crippen molar-refractivity contribution in [3.8, 4) is 0 Å². The summed E-state index contributed by atoms with van der Waals surface area (Å²) in [6, 6.07) is 7.48. The minimum atomic E-state index is -0.209. The van der Waals surface area contributed by atoms with E-state index in [9.17, 15) is 9.59 Å². The van der Waals surface area contributed by atoms with Gasteiger partial charge in [-0.05, 0) is 44.1 Å². The van der Waals surface area contributed by atoms with Crippen LogP contribution in [0.1, 0.15) is 33.1 Å². The number of urea groups is 1. The summed E-state index contributed by atoms with van der Waals surface area (Å²) in [4.78, 5) is 27.5. The Morgan fingerprint density at radius 2 is 2.12 bits per heavy atom. The molecule has 24 heavy (non-hydrogen) atoms. The topological polar surface area (TPSA) is 64.7 Å². The van der Waals surface area contributed by atoms with E-state index in [1.807, 2.05) is 18.2 Å². The summed E-state index contributed by atoms with van der Waals surface area (Å²) in [6.07, 6.45) is 3.60. The standard InChI is InChI=1S/C18H28N4O2/c1-4-22-11-6-5-9-17(22)13-19-18(24)20-15-8-7-10-16(12-15)21(3)14(2)23/h7-8,10,12,17H,4-6,9,11,13H2,1-3H3,(H2,19,20,24)/t17-/m1/s1. The molecule has 1 fully saturated rings. The van der Waals surface area contributed by atoms with E-state index in [1.165, 1.54) is 19.8 Å². The third-order valence-electron chi connectivity index (χ3n) is 4.62. The Morgan fingerprint density at radius 3 is 2.83 bits per heavy atom. The highest BCUT2D eigenvalue weighted by Crippen LogP contribution is 2.19. The number of carbonyl (C=O) groups excluding carboxylic acids is 2. The molecular formula is C18H28N4O2. The average Bonchev–Trinajstić information content (AvgIpc) is 2.59. The van der Waals surface area contributed by atoms with Gasteiger partial charge in [0, 0.05) is 37.9 Å². The summed E-state index contributed by atoms with van der Waals surface area (Å²) < 4.78 is 0. The third-order valence-corrected chi connectivity index (χ3v) is 4.62. The molecular weight excluding hydrogens is 304 g/mol. The van der Waals surface area contributed by atoms with E-state index in [-0.39, 0.29) is 11.9 Å². The lowest BCUT2D eigenvalue weighted by atomic mass is 10.0. The van der Waals surface area contributed by atoms with Gasteiger partial charge in [-0.1, -0.05) is 19.4 Å². The molecule has 2 rings (SSSR count). The number of nitrogens with zero attached hydrogens (tertiary/aromatic N) is 2. The number of amides is 3. The number of rotatable bonds is 5. The number of anilines is 2. The molecule has 1 heterocycles. The van der Waals surface area contributed by atoms with Gasteiger partial charge in [-0.15, -0.1) is 0 Å². The van der Waals surface area contributed by atoms with Crippen molar-refractivity contribution in [3.63, 3.8) is 0 Å². The lowest BCUT2D eigenvalue weighted by Gasteiger charge is -2.34. The van der Waals surface area contributed by atoms with Gasteiger partial charge in [0.15, 0.2) is 0 Å². The van der Waals surface area contributed by atoms with Gasteiger partial charge in [0.1, 0.15) is 0 Å². The van der Waals surface area contributed by atoms with E-state index in [0.717, 1.165) is 25.2 Å². The van der Waals surface area contributed by atoms with E-state index in [1.54, 1.807) is 18.0 Å². The first-order valence-corrected chi connectivity index (χ1v) is 8.64. The number of nitrogens with one attached hydrogen (secondary N) is 2. The van der Waals surface area contributed by atoms with Crippen LogP contribution in [0, 0.1) is 0 Å². The molecule has 1 aromatic rings. The van der Waals surface area contributed by atoms with E-state index >= 15 is 0 Å². The Bertz CT molecular complexity index is 576. The van der Waals surface area contributed by atoms with Crippen molar-refractivity contribution in [3.05, 3.63) is 24.3 Å². The highest BCUT2D eigenvalue weighted by molar-refractivity contribution is 5.93. The molecule has 1 atom stereocenters. The zero-order valence-corrected chi connectivity index (χ0v) is 14.8. The summed E-state index contributed by atoms with van der Waals surface area (Å²) in [6.45, 7) is 6.47. The smallest absolute Gasteiger partial charge is 0.319 e. The number of likely N-dealkylation sites (tertiary alicyclic amines) is 1. The van der Waals surface area contributed by atoms with E-state index in [2.05, 4.69) is 22.5 Å². The van der Waals surface area contributed by atoms with Gasteiger partial charge in [-0.2, -0.15) is 0 Å². The fraction of sp³-hybridized carbons (Fsp3) is 0.556. The molecule has 0 saturated carbocycles. The van der Waals surface area contributed by atoms with Crippen molar-refractivity contribution in [1.29, 1.82) is 0 Å². The fourth-order valence-corrected chi connectivity index (χ4v) is 3.07. The molecule has 0 unspecified atom stereocenters. The Morgan fingerprint density at radius 1 is 1.33 bits per heavy atom. The number of hydrogen-bond donors (Lipinski definition) is 2. The maximum absolute atomic E-state index is 12.1. The average molecular weight is 332 g/mol. The molecule has 0 radical (unpaired) electrons. The van der Waals surface area contributed by atoms with Crippen LogP contribution in [-0.2, 0) is 4.79 Å². The maximum Gasteiger partial charge on any atom is 0.319 e. The lowest BCUT2D eigenvalue weighted by molar-refractivity contribution is -0.116. The van der Waals surface area contributed by atoms with Crippen LogP contribution in [0.3, 0.4) is 0 Å². The van der Waals surface area contributed by atoms with Crippen molar-refractivity contribution < 1.29 is 9.59 Å². The molecule has 1 aliphatic heterocycles. The highest BCUT2D eigenvalue weighted by atomic mass is 16.2. The molecule has 3 amide bonds. The fourth-order valence-electron chi connectivity index (χ4n) is 3.07. The molecule has 6 heteroatoms. The second kappa shape index (κ2) is 8.68. The van der Waals surface area contributed by atoms with Gasteiger partial charge in [-0.25, -0.2) is 4.79 Å². The molecule has 6 nitrogen and oxygen atoms in total. The highest BCUT2D eigenvalue weighted by Gasteiger charge is 2.21. The third kappa shape index (κ3) is 4.96. The molecule has 0 aromatic heterocycles. The van der Waals surface area contributed by atoms with Crippen LogP contribution in [0.5, 0.6) is 0 Å². The minimum Gasteiger partial charge on any atom is -0.336 e. The number of piperidine rings is 1. The van der Waals surface area contributed by atoms with Gasteiger partial charge in [0.2, 0.25) is 5.91 Å². The predicted molar refractivity (Wildman–Crippen MR) is 97.4 cm³/mol. The second-order valence-electron chi connectivity index (χ2n) is 6.24. The van der Waals surface area contributed by atoms with Crippen LogP contribution in [0.2, 0.25) is 0 Å². The SMILES string of the molecule is CCN1CCCC[C@@H]1CNC(=O)Nc1cccc(N(C)C(C)=O)c1. The molecule has 1 aromatic carbocycles. The molecule has 1 saturated heterocycles. The zero-order valence-electron chi connectivity index (χ0n) is 14.8. The Kier molecular flexibility index (Phi) is 6.61. The molecule has 0 bridgehead atoms. The van der Waals surface area contributed by atoms with Gasteiger partial charge in [0.25, 0.3) is 0 Å². The van der Waals surface area contributed by atoms with Crippen molar-refractivity contribution in [2.45, 2.75) is 39.2 Å². The van der Waals surface area contributed by atoms with Gasteiger partial charge in [-0.3, -0.25) is 9.69 Å². The summed E-state index contributed by atoms with van der Waals surface area (Å²) >= 11 is 0. The maximum atomic E-state index is 12.1. The first-order chi connectivity index (χ1) is 11.5. The van der Waals surface area contributed by atoms with Crippen LogP contribution >= 0.6 is 0 Å². The van der Waals surface area contributed by atoms with Crippen molar-refractivity contribution in [2.24, 2.45) is 0 Å². The number of benzene rings is 1. The van der Waals surface area contributed by atoms with Crippen molar-refractivity contribution >= 4 is 23.3 Å². The zero-order chi connectivity index (χ0) is 17.5. The van der Waals surface area contributed by atoms with Crippen LogP contribution in [-0.4, -0.2) is 49.6 Å². The van der Waals surface area contributed by atoms with Gasteiger partial charge >= 0.3 is 6.03 Å². The van der Waals surface area contributed by atoms with Crippen molar-refractivity contribution in [2.75, 3.05) is 36.9 Å². The van der Waals surface area contributed by atoms with E-state index in [4.69, 9.17) is 0 Å². The first-order valence-electron chi connectivity index (χ1n) is 8.64. The monoisotopic (exact) mass is 332 g/mol. The first kappa shape index (κ1) is 18.3. The van der Waals surface area contributed by atoms with E-state index < -0.39 is 0 Å². The second-order valence-corrected chi connectivity index (χ2v) is 6.24. The molecule has 132 valence electrons. The summed E-state index contributed by atoms with van der Waals surface area (Å²) in [7, 11) is 1.71. The van der Waals surface area contributed by atoms with E-state index in [0.29, 0.717) is 18.3 Å². The van der Waals surface area contributed by atoms with Gasteiger partial charge in [0.05, 0.1) is 0 Å². The Balaban J connectivity index is 1.88. The predicted octanol–water partition coefficient (Wildman–Crippen LogP) is 2.67. The van der Waals surface area contributed by atoms with Crippen LogP contribution in [0.25, 0.3) is 0 Å². The summed E-state index contributed by atoms with van der Waals surface area (Å²) in [5, 5.41) is 5.81. The summed E-state index contributed by atoms with van der Waals surface area (Å²) in [5.74, 6) is -0.0476. The molecule has 0 spiro atoms. The quantitative estimate of drug-likeness (QED) is 0.871. The van der Waals surface area contributed by atoms with Crippen LogP contribution in [0.4, 0.5) is 16.2 Å². The van der Waals surface area contributed by atoms with Crippen LogP contribution < -0.4 is 15.5 Å². The van der Waals surface area contributed by atoms with Crippen molar-refractivity contribution in [1.82, 2.24) is 10.2 Å². The Hall–Kier alpha value is -2.08. The molecule has 1 aliphatic rings. The number of carbonyl (C=O) groups is 2. The largest absolute Gasteiger partial charge is 0.336 e. The summed E-state index contributed by atoms with van der Waals surface area (Å²) in [5.41, 5.74) is 1.43. The lowest BCUT2D eigenvalue weighted by Crippen LogP contribution is -2.47. The minimum absolute atomic E-state index is 0.0476. The number of likely N-dealkylation sites (N-methyl/N-ethyl adjacent to an activating group) is 1. The Labute approximate surface area is 144 Å². The normalized spacial score (nSPS) is 18.0. The van der Waals surface area contributed by atoms with Crippen LogP contribution in [0.15, 0.2) is 24.3 Å². The molecule has 2 N–H and O–H groups in total. The number of hydrogen-bond acceptors (Lipinski definition) is 3. The molecule has 0 aliphatic carbocycles. The van der Waals surface area contributed by atoms with Gasteiger partial charge < -0.3 is 15.5 Å².